The normalized spacial score (nSPS) is 24.1. The number of likely N-dealkylation sites (tertiary alicyclic amines) is 2. The van der Waals surface area contributed by atoms with Crippen LogP contribution in [-0.4, -0.2) is 101 Å². The van der Waals surface area contributed by atoms with E-state index in [1.165, 1.54) is 24.2 Å². The zero-order chi connectivity index (χ0) is 23.4. The van der Waals surface area contributed by atoms with Gasteiger partial charge in [-0.3, -0.25) is 4.90 Å². The summed E-state index contributed by atoms with van der Waals surface area (Å²) in [6.07, 6.45) is 6.45. The predicted octanol–water partition coefficient (Wildman–Crippen LogP) is 2.17. The summed E-state index contributed by atoms with van der Waals surface area (Å²) in [6.45, 7) is 4.66. The lowest BCUT2D eigenvalue weighted by atomic mass is 9.71. The molecule has 2 fully saturated rings. The van der Waals surface area contributed by atoms with Crippen LogP contribution in [0.1, 0.15) is 38.5 Å². The number of piperidine rings is 2. The van der Waals surface area contributed by atoms with E-state index in [1.807, 2.05) is 0 Å². The van der Waals surface area contributed by atoms with E-state index in [0.717, 1.165) is 39.0 Å². The summed E-state index contributed by atoms with van der Waals surface area (Å²) >= 11 is 6.18. The van der Waals surface area contributed by atoms with Crippen molar-refractivity contribution in [3.8, 4) is 0 Å². The summed E-state index contributed by atoms with van der Waals surface area (Å²) in [6, 6.07) is 0. The Morgan fingerprint density at radius 3 is 2.41 bits per heavy atom. The molecule has 0 radical (unpaired) electrons. The Balaban J connectivity index is 1.40. The van der Waals surface area contributed by atoms with Gasteiger partial charge in [0.25, 0.3) is 0 Å². The smallest absolute Gasteiger partial charge is 0.240 e. The Labute approximate surface area is 197 Å². The van der Waals surface area contributed by atoms with Gasteiger partial charge in [0.05, 0.1) is 36.0 Å². The highest BCUT2D eigenvalue weighted by molar-refractivity contribution is 7.93. The van der Waals surface area contributed by atoms with Gasteiger partial charge in [-0.15, -0.1) is 0 Å². The number of nitrogens with zero attached hydrogens (tertiary/aromatic N) is 3. The highest BCUT2D eigenvalue weighted by Crippen LogP contribution is 2.41. The lowest BCUT2D eigenvalue weighted by molar-refractivity contribution is -0.0859. The Hall–Kier alpha value is -0.680. The van der Waals surface area contributed by atoms with Crippen LogP contribution in [0.2, 0.25) is 0 Å². The van der Waals surface area contributed by atoms with Crippen LogP contribution in [0.15, 0.2) is 21.8 Å². The molecule has 1 spiro atoms. The van der Waals surface area contributed by atoms with Gasteiger partial charge >= 0.3 is 0 Å². The van der Waals surface area contributed by atoms with E-state index in [4.69, 9.17) is 21.1 Å². The zero-order valence-electron chi connectivity index (χ0n) is 19.6. The summed E-state index contributed by atoms with van der Waals surface area (Å²) in [5.41, 5.74) is 0.439. The number of halogens is 1. The highest BCUT2D eigenvalue weighted by Gasteiger charge is 2.38. The summed E-state index contributed by atoms with van der Waals surface area (Å²) in [5.74, 6) is 0.674. The maximum absolute atomic E-state index is 12.8. The summed E-state index contributed by atoms with van der Waals surface area (Å²) in [7, 11) is 1.59. The number of likely N-dealkylation sites (N-methyl/N-ethyl adjacent to an activating group) is 1. The van der Waals surface area contributed by atoms with Crippen molar-refractivity contribution in [2.24, 2.45) is 5.41 Å². The van der Waals surface area contributed by atoms with E-state index < -0.39 is 16.3 Å². The maximum Gasteiger partial charge on any atom is 0.240 e. The van der Waals surface area contributed by atoms with E-state index >= 15 is 0 Å². The van der Waals surface area contributed by atoms with E-state index in [1.54, 1.807) is 13.2 Å². The van der Waals surface area contributed by atoms with Gasteiger partial charge in [0.15, 0.2) is 0 Å². The molecule has 0 aromatic heterocycles. The van der Waals surface area contributed by atoms with Gasteiger partial charge in [-0.25, -0.2) is 8.42 Å². The number of sulfonamides is 1. The van der Waals surface area contributed by atoms with Crippen molar-refractivity contribution >= 4 is 21.6 Å². The van der Waals surface area contributed by atoms with Gasteiger partial charge in [-0.1, -0.05) is 11.6 Å². The first-order valence-electron chi connectivity index (χ1n) is 11.4. The molecule has 1 aliphatic carbocycles. The quantitative estimate of drug-likeness (QED) is 0.495. The van der Waals surface area contributed by atoms with Gasteiger partial charge in [-0.05, 0) is 63.7 Å². The number of methoxy groups -OCH3 is 1. The molecule has 0 saturated carbocycles. The molecule has 3 rings (SSSR count). The topological polar surface area (TPSA) is 82.5 Å². The Morgan fingerprint density at radius 2 is 1.81 bits per heavy atom. The lowest BCUT2D eigenvalue weighted by Crippen LogP contribution is -2.50. The van der Waals surface area contributed by atoms with Crippen molar-refractivity contribution in [3.63, 3.8) is 0 Å². The second kappa shape index (κ2) is 11.2. The van der Waals surface area contributed by atoms with E-state index in [2.05, 4.69) is 16.8 Å². The van der Waals surface area contributed by atoms with Gasteiger partial charge in [-0.2, -0.15) is 4.31 Å². The van der Waals surface area contributed by atoms with E-state index in [9.17, 15) is 13.5 Å². The molecule has 0 bridgehead atoms. The average molecular weight is 492 g/mol. The molecule has 8 nitrogen and oxygen atoms in total. The molecule has 3 aliphatic rings. The fourth-order valence-corrected chi connectivity index (χ4v) is 6.61. The molecule has 0 aromatic carbocycles. The molecule has 1 atom stereocenters. The molecular weight excluding hydrogens is 454 g/mol. The molecular formula is C22H38ClN3O5S. The molecule has 0 amide bonds. The summed E-state index contributed by atoms with van der Waals surface area (Å²) in [4.78, 5) is 4.68. The second-order valence-electron chi connectivity index (χ2n) is 9.31. The molecule has 2 saturated heterocycles. The van der Waals surface area contributed by atoms with Crippen LogP contribution in [0.25, 0.3) is 0 Å². The van der Waals surface area contributed by atoms with Crippen LogP contribution in [0.5, 0.6) is 0 Å². The first-order chi connectivity index (χ1) is 15.2. The van der Waals surface area contributed by atoms with Gasteiger partial charge in [0, 0.05) is 33.1 Å². The van der Waals surface area contributed by atoms with Crippen molar-refractivity contribution in [3.05, 3.63) is 21.8 Å². The number of hydrogen-bond donors (Lipinski definition) is 1. The molecule has 10 heteroatoms. The Morgan fingerprint density at radius 1 is 1.19 bits per heavy atom. The monoisotopic (exact) mass is 491 g/mol. The Bertz CT molecular complexity index is 798. The van der Waals surface area contributed by atoms with Crippen LogP contribution in [0, 0.1) is 5.41 Å². The number of aliphatic hydroxyl groups excluding tert-OH is 1. The fourth-order valence-electron chi connectivity index (χ4n) is 4.75. The number of aliphatic hydroxyl groups is 1. The van der Waals surface area contributed by atoms with Gasteiger partial charge in [0.2, 0.25) is 10.0 Å². The third-order valence-corrected chi connectivity index (χ3v) is 9.78. The lowest BCUT2D eigenvalue weighted by Gasteiger charge is -2.47. The molecule has 1 unspecified atom stereocenters. The van der Waals surface area contributed by atoms with E-state index in [0.29, 0.717) is 24.0 Å². The first kappa shape index (κ1) is 25.9. The predicted molar refractivity (Wildman–Crippen MR) is 126 cm³/mol. The molecule has 2 aliphatic heterocycles. The number of rotatable bonds is 9. The van der Waals surface area contributed by atoms with Gasteiger partial charge in [0.1, 0.15) is 6.23 Å². The van der Waals surface area contributed by atoms with Crippen LogP contribution >= 0.6 is 11.6 Å². The highest BCUT2D eigenvalue weighted by atomic mass is 35.5. The van der Waals surface area contributed by atoms with Crippen molar-refractivity contribution in [1.82, 2.24) is 14.1 Å². The third-order valence-electron chi connectivity index (χ3n) is 7.28. The summed E-state index contributed by atoms with van der Waals surface area (Å²) in [5, 5.41) is 10.7. The first-order valence-corrected chi connectivity index (χ1v) is 13.3. The molecule has 1 N–H and O–H groups in total. The molecule has 0 aromatic rings. The standard InChI is InChI=1S/C22H38ClN3O5S/c1-24-10-6-22(7-11-24)8-12-26(13-9-22)21(27)17-31-15-14-25(2)32(28,29)20-5-4-18(30-3)16-19(20)23/h16,21,27H,4-15,17H2,1-3H3. The minimum Gasteiger partial charge on any atom is -0.501 e. The maximum atomic E-state index is 12.8. The van der Waals surface area contributed by atoms with Crippen LogP contribution in [0.4, 0.5) is 0 Å². The third kappa shape index (κ3) is 6.25. The second-order valence-corrected chi connectivity index (χ2v) is 11.8. The fraction of sp³-hybridized carbons (Fsp3) is 0.818. The minimum atomic E-state index is -3.66. The summed E-state index contributed by atoms with van der Waals surface area (Å²) < 4.78 is 37.7. The van der Waals surface area contributed by atoms with Crippen molar-refractivity contribution < 1.29 is 23.0 Å². The van der Waals surface area contributed by atoms with Crippen molar-refractivity contribution in [1.29, 1.82) is 0 Å². The Kier molecular flexibility index (Phi) is 9.05. The molecule has 2 heterocycles. The number of ether oxygens (including phenoxy) is 2. The van der Waals surface area contributed by atoms with Crippen molar-refractivity contribution in [2.75, 3.05) is 67.1 Å². The zero-order valence-corrected chi connectivity index (χ0v) is 21.1. The van der Waals surface area contributed by atoms with Gasteiger partial charge < -0.3 is 19.5 Å². The van der Waals surface area contributed by atoms with Crippen molar-refractivity contribution in [2.45, 2.75) is 44.8 Å². The van der Waals surface area contributed by atoms with Crippen LogP contribution in [-0.2, 0) is 19.5 Å². The SMILES string of the molecule is COC1=CC(Cl)=C(S(=O)(=O)N(C)CCOCC(O)N2CCC3(CCN(C)CC3)CC2)CC1. The van der Waals surface area contributed by atoms with Crippen LogP contribution in [0.3, 0.4) is 0 Å². The minimum absolute atomic E-state index is 0.174. The van der Waals surface area contributed by atoms with Crippen LogP contribution < -0.4 is 0 Å². The average Bonchev–Trinajstić information content (AvgIpc) is 2.78. The number of allylic oxidation sites excluding steroid dienone is 4. The molecule has 32 heavy (non-hydrogen) atoms. The van der Waals surface area contributed by atoms with E-state index in [-0.39, 0.29) is 29.7 Å². The molecule has 184 valence electrons. The number of hydrogen-bond acceptors (Lipinski definition) is 7. The largest absolute Gasteiger partial charge is 0.501 e.